The summed E-state index contributed by atoms with van der Waals surface area (Å²) in [6.07, 6.45) is 0. The predicted octanol–water partition coefficient (Wildman–Crippen LogP) is 3.10. The third kappa shape index (κ3) is 2.42. The Balaban J connectivity index is 2.25. The minimum Gasteiger partial charge on any atom is -0.0918 e. The van der Waals surface area contributed by atoms with Gasteiger partial charge in [-0.15, -0.1) is 0 Å². The zero-order chi connectivity index (χ0) is 17.8. The van der Waals surface area contributed by atoms with E-state index in [1.54, 1.807) is 5.19 Å². The van der Waals surface area contributed by atoms with Gasteiger partial charge in [0.15, 0.2) is 0 Å². The lowest BCUT2D eigenvalue weighted by atomic mass is 9.91. The van der Waals surface area contributed by atoms with Gasteiger partial charge in [0.2, 0.25) is 0 Å². The highest BCUT2D eigenvalue weighted by atomic mass is 28.3. The Morgan fingerprint density at radius 3 is 2.28 bits per heavy atom. The van der Waals surface area contributed by atoms with Crippen LogP contribution < -0.4 is 20.8 Å². The van der Waals surface area contributed by atoms with Gasteiger partial charge in [-0.1, -0.05) is 85.9 Å². The lowest BCUT2D eigenvalue weighted by Gasteiger charge is -2.33. The summed E-state index contributed by atoms with van der Waals surface area (Å²) >= 11 is 0. The van der Waals surface area contributed by atoms with E-state index in [2.05, 4.69) is 94.2 Å². The van der Waals surface area contributed by atoms with Gasteiger partial charge in [-0.3, -0.25) is 0 Å². The molecule has 0 aliphatic carbocycles. The Bertz CT molecular complexity index is 1100. The number of fused-ring (bicyclic) bond motifs is 2. The molecular weight excluding hydrogens is 316 g/mol. The predicted molar refractivity (Wildman–Crippen MR) is 112 cm³/mol. The van der Waals surface area contributed by atoms with Crippen LogP contribution in [0.2, 0.25) is 13.1 Å². The third-order valence-corrected chi connectivity index (χ3v) is 9.08. The highest BCUT2D eigenvalue weighted by Crippen LogP contribution is 2.27. The number of hydrogen-bond donors (Lipinski definition) is 0. The Morgan fingerprint density at radius 2 is 1.52 bits per heavy atom. The van der Waals surface area contributed by atoms with E-state index in [-0.39, 0.29) is 0 Å². The van der Waals surface area contributed by atoms with Crippen LogP contribution in [-0.2, 0) is 0 Å². The molecule has 0 nitrogen and oxygen atoms in total. The monoisotopic (exact) mass is 340 g/mol. The molecule has 0 saturated carbocycles. The summed E-state index contributed by atoms with van der Waals surface area (Å²) in [6.45, 7) is 13.5. The van der Waals surface area contributed by atoms with Crippen molar-refractivity contribution < 1.29 is 0 Å². The van der Waals surface area contributed by atoms with Crippen LogP contribution in [0.1, 0.15) is 22.3 Å². The molecule has 3 aromatic carbocycles. The summed E-state index contributed by atoms with van der Waals surface area (Å²) < 4.78 is 0. The fourth-order valence-electron chi connectivity index (χ4n) is 4.15. The van der Waals surface area contributed by atoms with Crippen LogP contribution in [0.15, 0.2) is 60.7 Å². The smallest absolute Gasteiger partial charge is 0.0918 e. The van der Waals surface area contributed by atoms with Crippen LogP contribution in [0, 0.1) is 13.8 Å². The van der Waals surface area contributed by atoms with E-state index in [0.29, 0.717) is 0 Å². The lowest BCUT2D eigenvalue weighted by Crippen LogP contribution is -2.63. The van der Waals surface area contributed by atoms with E-state index in [9.17, 15) is 0 Å². The molecule has 1 heterocycles. The van der Waals surface area contributed by atoms with Crippen molar-refractivity contribution >= 4 is 30.6 Å². The Kier molecular flexibility index (Phi) is 3.59. The van der Waals surface area contributed by atoms with Crippen LogP contribution in [0.25, 0.3) is 12.2 Å². The first-order valence-electron chi connectivity index (χ1n) is 8.91. The van der Waals surface area contributed by atoms with Crippen LogP contribution in [0.4, 0.5) is 0 Å². The normalized spacial score (nSPS) is 14.8. The molecule has 0 unspecified atom stereocenters. The molecule has 1 heteroatoms. The van der Waals surface area contributed by atoms with E-state index in [0.717, 1.165) is 5.22 Å². The molecule has 0 atom stereocenters. The Morgan fingerprint density at radius 1 is 0.760 bits per heavy atom. The van der Waals surface area contributed by atoms with Crippen molar-refractivity contribution in [1.29, 1.82) is 0 Å². The molecule has 0 radical (unpaired) electrons. The number of hydrogen-bond acceptors (Lipinski definition) is 0. The maximum absolute atomic E-state index is 4.20. The van der Waals surface area contributed by atoms with Crippen molar-refractivity contribution in [3.63, 3.8) is 0 Å². The van der Waals surface area contributed by atoms with Crippen molar-refractivity contribution in [1.82, 2.24) is 0 Å². The van der Waals surface area contributed by atoms with Gasteiger partial charge < -0.3 is 0 Å². The highest BCUT2D eigenvalue weighted by Gasteiger charge is 2.34. The van der Waals surface area contributed by atoms with Crippen molar-refractivity contribution in [2.24, 2.45) is 0 Å². The van der Waals surface area contributed by atoms with Crippen LogP contribution in [0.5, 0.6) is 0 Å². The molecule has 124 valence electrons. The average Bonchev–Trinajstić information content (AvgIpc) is 2.58. The zero-order valence-electron chi connectivity index (χ0n) is 15.5. The van der Waals surface area contributed by atoms with Gasteiger partial charge in [-0.2, -0.15) is 0 Å². The van der Waals surface area contributed by atoms with Gasteiger partial charge in [-0.05, 0) is 56.9 Å². The fraction of sp³-hybridized carbons (Fsp3) is 0.167. The number of benzene rings is 3. The number of aryl methyl sites for hydroxylation is 2. The van der Waals surface area contributed by atoms with Gasteiger partial charge in [0.05, 0.1) is 0 Å². The minimum absolute atomic E-state index is 1.11. The van der Waals surface area contributed by atoms with Crippen molar-refractivity contribution in [2.75, 3.05) is 0 Å². The van der Waals surface area contributed by atoms with Crippen molar-refractivity contribution in [3.05, 3.63) is 93.4 Å². The second-order valence-electron chi connectivity index (χ2n) is 7.74. The SMILES string of the molecule is C=c1ccc2c(c1)[Si](C)(C)c1cc(C)ccc1C=2c1ccccc1C. The van der Waals surface area contributed by atoms with Gasteiger partial charge in [0, 0.05) is 0 Å². The molecule has 0 N–H and O–H groups in total. The second-order valence-corrected chi connectivity index (χ2v) is 12.1. The molecule has 25 heavy (non-hydrogen) atoms. The standard InChI is InChI=1S/C24H24Si/c1-16-10-12-20-22(14-16)25(4,5)23-15-17(2)11-13-21(23)24(20)19-9-7-6-8-18(19)3/h6-15H,1H2,2-5H3. The molecule has 0 fully saturated rings. The van der Waals surface area contributed by atoms with E-state index in [1.807, 2.05) is 0 Å². The Hall–Kier alpha value is -2.38. The molecule has 3 aromatic rings. The third-order valence-electron chi connectivity index (χ3n) is 5.56. The second kappa shape index (κ2) is 5.57. The van der Waals surface area contributed by atoms with E-state index < -0.39 is 8.07 Å². The summed E-state index contributed by atoms with van der Waals surface area (Å²) in [5.41, 5.74) is 6.82. The molecule has 1 aliphatic rings. The van der Waals surface area contributed by atoms with Crippen molar-refractivity contribution in [2.45, 2.75) is 26.9 Å². The average molecular weight is 341 g/mol. The van der Waals surface area contributed by atoms with E-state index in [1.165, 1.54) is 38.2 Å². The summed E-state index contributed by atoms with van der Waals surface area (Å²) in [7, 11) is -1.75. The van der Waals surface area contributed by atoms with Crippen molar-refractivity contribution in [3.8, 4) is 0 Å². The molecule has 0 spiro atoms. The van der Waals surface area contributed by atoms with Gasteiger partial charge in [0.25, 0.3) is 0 Å². The molecule has 0 bridgehead atoms. The molecule has 0 amide bonds. The molecule has 0 saturated heterocycles. The number of rotatable bonds is 1. The highest BCUT2D eigenvalue weighted by molar-refractivity contribution is 7.01. The van der Waals surface area contributed by atoms with Gasteiger partial charge in [0.1, 0.15) is 8.07 Å². The first kappa shape index (κ1) is 16.1. The summed E-state index contributed by atoms with van der Waals surface area (Å²) in [5, 5.41) is 5.56. The van der Waals surface area contributed by atoms with Gasteiger partial charge >= 0.3 is 0 Å². The summed E-state index contributed by atoms with van der Waals surface area (Å²) in [5.74, 6) is 0. The first-order valence-corrected chi connectivity index (χ1v) is 11.9. The van der Waals surface area contributed by atoms with Crippen LogP contribution in [0.3, 0.4) is 0 Å². The zero-order valence-corrected chi connectivity index (χ0v) is 16.5. The largest absolute Gasteiger partial charge is 0.113 e. The van der Waals surface area contributed by atoms with Crippen LogP contribution >= 0.6 is 0 Å². The lowest BCUT2D eigenvalue weighted by molar-refractivity contribution is 1.38. The molecule has 1 aliphatic heterocycles. The fourth-order valence-corrected chi connectivity index (χ4v) is 7.34. The molecule has 4 rings (SSSR count). The molecular formula is C24H24Si. The van der Waals surface area contributed by atoms with Crippen LogP contribution in [-0.4, -0.2) is 8.07 Å². The first-order chi connectivity index (χ1) is 11.9. The van der Waals surface area contributed by atoms with Gasteiger partial charge in [-0.25, -0.2) is 0 Å². The topological polar surface area (TPSA) is 0 Å². The minimum atomic E-state index is -1.75. The van der Waals surface area contributed by atoms with E-state index in [4.69, 9.17) is 0 Å². The Labute approximate surface area is 151 Å². The maximum Gasteiger partial charge on any atom is 0.113 e. The maximum atomic E-state index is 4.20. The quantitative estimate of drug-likeness (QED) is 0.597. The molecule has 0 aromatic heterocycles. The van der Waals surface area contributed by atoms with E-state index >= 15 is 0 Å². The summed E-state index contributed by atoms with van der Waals surface area (Å²) in [4.78, 5) is 0. The summed E-state index contributed by atoms with van der Waals surface area (Å²) in [6, 6.07) is 22.5.